The molecule has 0 bridgehead atoms. The van der Waals surface area contributed by atoms with Crippen LogP contribution in [0, 0.1) is 0 Å². The van der Waals surface area contributed by atoms with Gasteiger partial charge in [-0.2, -0.15) is 0 Å². The molecule has 0 saturated heterocycles. The van der Waals surface area contributed by atoms with E-state index in [-0.39, 0.29) is 5.91 Å². The van der Waals surface area contributed by atoms with Gasteiger partial charge >= 0.3 is 0 Å². The molecule has 0 aliphatic carbocycles. The van der Waals surface area contributed by atoms with E-state index >= 15 is 0 Å². The fraction of sp³-hybridized carbons (Fsp3) is 0.500. The van der Waals surface area contributed by atoms with E-state index in [4.69, 9.17) is 4.74 Å². The van der Waals surface area contributed by atoms with Crippen molar-refractivity contribution in [3.05, 3.63) is 29.8 Å². The zero-order valence-electron chi connectivity index (χ0n) is 11.4. The van der Waals surface area contributed by atoms with Gasteiger partial charge in [-0.1, -0.05) is 12.1 Å². The predicted octanol–water partition coefficient (Wildman–Crippen LogP) is 1.98. The number of methoxy groups -OCH3 is 1. The summed E-state index contributed by atoms with van der Waals surface area (Å²) in [7, 11) is 1.65. The molecule has 0 saturated carbocycles. The molecule has 0 aliphatic heterocycles. The molecule has 1 aromatic rings. The van der Waals surface area contributed by atoms with Crippen molar-refractivity contribution in [2.75, 3.05) is 26.0 Å². The Morgan fingerprint density at radius 2 is 2.32 bits per heavy atom. The molecule has 1 amide bonds. The fourth-order valence-corrected chi connectivity index (χ4v) is 2.30. The van der Waals surface area contributed by atoms with Crippen molar-refractivity contribution in [2.24, 2.45) is 0 Å². The van der Waals surface area contributed by atoms with E-state index in [1.807, 2.05) is 24.3 Å². The van der Waals surface area contributed by atoms with Crippen LogP contribution in [0.3, 0.4) is 0 Å². The summed E-state index contributed by atoms with van der Waals surface area (Å²) < 4.78 is 4.91. The highest BCUT2D eigenvalue weighted by Gasteiger charge is 2.05. The van der Waals surface area contributed by atoms with Crippen LogP contribution in [-0.4, -0.2) is 37.0 Å². The number of amides is 1. The molecular weight excluding hydrogens is 262 g/mol. The maximum absolute atomic E-state index is 11.6. The van der Waals surface area contributed by atoms with Crippen molar-refractivity contribution in [3.8, 4) is 0 Å². The van der Waals surface area contributed by atoms with Crippen LogP contribution >= 0.6 is 11.8 Å². The second-order valence-corrected chi connectivity index (χ2v) is 5.28. The van der Waals surface area contributed by atoms with Gasteiger partial charge in [0.2, 0.25) is 5.91 Å². The minimum Gasteiger partial charge on any atom is -0.389 e. The summed E-state index contributed by atoms with van der Waals surface area (Å²) in [6.45, 7) is 3.02. The Hall–Kier alpha value is -1.04. The molecular formula is C14H21NO3S. The fourth-order valence-electron chi connectivity index (χ4n) is 1.51. The number of carbonyl (C=O) groups excluding carboxylic acids is 1. The van der Waals surface area contributed by atoms with Crippen LogP contribution in [0.5, 0.6) is 0 Å². The molecule has 0 heterocycles. The molecule has 1 aromatic carbocycles. The zero-order valence-corrected chi connectivity index (χ0v) is 12.2. The lowest BCUT2D eigenvalue weighted by molar-refractivity contribution is -0.118. The van der Waals surface area contributed by atoms with Crippen LogP contribution in [0.2, 0.25) is 0 Å². The summed E-state index contributed by atoms with van der Waals surface area (Å²) in [5.74, 6) is 0.402. The lowest BCUT2D eigenvalue weighted by Crippen LogP contribution is -2.26. The Bertz CT molecular complexity index is 396. The van der Waals surface area contributed by atoms with Gasteiger partial charge in [-0.25, -0.2) is 0 Å². The van der Waals surface area contributed by atoms with Crippen LogP contribution < -0.4 is 5.32 Å². The molecule has 1 atom stereocenters. The Kier molecular flexibility index (Phi) is 7.55. The molecule has 0 spiro atoms. The minimum atomic E-state index is -0.483. The molecule has 0 aliphatic rings. The first-order valence-corrected chi connectivity index (χ1v) is 7.28. The van der Waals surface area contributed by atoms with Crippen LogP contribution in [0.4, 0.5) is 0 Å². The molecule has 0 aromatic heterocycles. The van der Waals surface area contributed by atoms with E-state index in [0.29, 0.717) is 18.9 Å². The monoisotopic (exact) mass is 283 g/mol. The van der Waals surface area contributed by atoms with Gasteiger partial charge in [0, 0.05) is 25.2 Å². The second kappa shape index (κ2) is 8.96. The number of thioether (sulfide) groups is 1. The molecule has 4 nitrogen and oxygen atoms in total. The smallest absolute Gasteiger partial charge is 0.230 e. The van der Waals surface area contributed by atoms with E-state index in [1.165, 1.54) is 11.8 Å². The predicted molar refractivity (Wildman–Crippen MR) is 77.3 cm³/mol. The molecule has 0 fully saturated rings. The molecule has 106 valence electrons. The number of benzene rings is 1. The third kappa shape index (κ3) is 6.61. The molecule has 2 N–H and O–H groups in total. The molecule has 19 heavy (non-hydrogen) atoms. The largest absolute Gasteiger partial charge is 0.389 e. The average molecular weight is 283 g/mol. The highest BCUT2D eigenvalue weighted by Crippen LogP contribution is 2.22. The summed E-state index contributed by atoms with van der Waals surface area (Å²) in [6.07, 6.45) is 0.341. The van der Waals surface area contributed by atoms with E-state index in [2.05, 4.69) is 5.32 Å². The van der Waals surface area contributed by atoms with Crippen LogP contribution in [0.25, 0.3) is 0 Å². The maximum Gasteiger partial charge on any atom is 0.230 e. The average Bonchev–Trinajstić information content (AvgIpc) is 2.41. The van der Waals surface area contributed by atoms with Gasteiger partial charge in [-0.15, -0.1) is 11.8 Å². The molecule has 1 rings (SSSR count). The van der Waals surface area contributed by atoms with Gasteiger partial charge in [0.05, 0.1) is 11.9 Å². The molecule has 1 unspecified atom stereocenters. The number of nitrogens with one attached hydrogen (secondary N) is 1. The number of aliphatic hydroxyl groups excluding tert-OH is 1. The number of carbonyl (C=O) groups is 1. The first-order valence-electron chi connectivity index (χ1n) is 6.30. The topological polar surface area (TPSA) is 58.6 Å². The van der Waals surface area contributed by atoms with Gasteiger partial charge in [-0.05, 0) is 31.0 Å². The Labute approximate surface area is 118 Å². The normalized spacial score (nSPS) is 12.2. The van der Waals surface area contributed by atoms with Crippen molar-refractivity contribution in [1.82, 2.24) is 5.32 Å². The first-order chi connectivity index (χ1) is 9.13. The van der Waals surface area contributed by atoms with Gasteiger partial charge < -0.3 is 15.2 Å². The SMILES string of the molecule is COCCCNC(=O)CSc1cccc(C(C)O)c1. The second-order valence-electron chi connectivity index (χ2n) is 4.23. The third-order valence-electron chi connectivity index (χ3n) is 2.56. The number of ether oxygens (including phenoxy) is 1. The standard InChI is InChI=1S/C14H21NO3S/c1-11(16)12-5-3-6-13(9-12)19-10-14(17)15-7-4-8-18-2/h3,5-6,9,11,16H,4,7-8,10H2,1-2H3,(H,15,17). The zero-order chi connectivity index (χ0) is 14.1. The summed E-state index contributed by atoms with van der Waals surface area (Å²) >= 11 is 1.47. The number of rotatable bonds is 8. The number of hydrogen-bond donors (Lipinski definition) is 2. The highest BCUT2D eigenvalue weighted by atomic mass is 32.2. The summed E-state index contributed by atoms with van der Waals surface area (Å²) in [5.41, 5.74) is 0.866. The van der Waals surface area contributed by atoms with Gasteiger partial charge in [0.15, 0.2) is 0 Å². The first kappa shape index (κ1) is 16.0. The van der Waals surface area contributed by atoms with Crippen LogP contribution in [0.15, 0.2) is 29.2 Å². The summed E-state index contributed by atoms with van der Waals surface area (Å²) in [6, 6.07) is 7.61. The van der Waals surface area contributed by atoms with E-state index in [9.17, 15) is 9.90 Å². The van der Waals surface area contributed by atoms with Crippen molar-refractivity contribution < 1.29 is 14.6 Å². The maximum atomic E-state index is 11.6. The Morgan fingerprint density at radius 1 is 1.53 bits per heavy atom. The molecule has 0 radical (unpaired) electrons. The van der Waals surface area contributed by atoms with E-state index < -0.39 is 6.10 Å². The summed E-state index contributed by atoms with van der Waals surface area (Å²) in [4.78, 5) is 12.6. The quantitative estimate of drug-likeness (QED) is 0.566. The van der Waals surface area contributed by atoms with Gasteiger partial charge in [-0.3, -0.25) is 4.79 Å². The van der Waals surface area contributed by atoms with Crippen molar-refractivity contribution in [3.63, 3.8) is 0 Å². The molecule has 5 heteroatoms. The van der Waals surface area contributed by atoms with Crippen molar-refractivity contribution in [1.29, 1.82) is 0 Å². The third-order valence-corrected chi connectivity index (χ3v) is 3.55. The number of aliphatic hydroxyl groups is 1. The summed E-state index contributed by atoms with van der Waals surface area (Å²) in [5, 5.41) is 12.3. The minimum absolute atomic E-state index is 0.0172. The van der Waals surface area contributed by atoms with E-state index in [0.717, 1.165) is 16.9 Å². The van der Waals surface area contributed by atoms with Crippen LogP contribution in [-0.2, 0) is 9.53 Å². The van der Waals surface area contributed by atoms with Crippen molar-refractivity contribution >= 4 is 17.7 Å². The highest BCUT2D eigenvalue weighted by molar-refractivity contribution is 8.00. The number of hydrogen-bond acceptors (Lipinski definition) is 4. The lowest BCUT2D eigenvalue weighted by atomic mass is 10.1. The van der Waals surface area contributed by atoms with E-state index in [1.54, 1.807) is 14.0 Å². The van der Waals surface area contributed by atoms with Gasteiger partial charge in [0.25, 0.3) is 0 Å². The van der Waals surface area contributed by atoms with Crippen molar-refractivity contribution in [2.45, 2.75) is 24.3 Å². The van der Waals surface area contributed by atoms with Gasteiger partial charge in [0.1, 0.15) is 0 Å². The Morgan fingerprint density at radius 3 is 3.00 bits per heavy atom. The Balaban J connectivity index is 2.31. The van der Waals surface area contributed by atoms with Crippen LogP contribution in [0.1, 0.15) is 25.0 Å². The lowest BCUT2D eigenvalue weighted by Gasteiger charge is -2.08.